The molecular weight excluding hydrogens is 312 g/mol. The average molecular weight is 332 g/mol. The number of rotatable bonds is 5. The van der Waals surface area contributed by atoms with Gasteiger partial charge in [0, 0.05) is 24.6 Å². The summed E-state index contributed by atoms with van der Waals surface area (Å²) in [4.78, 5) is 27.3. The van der Waals surface area contributed by atoms with Gasteiger partial charge in [-0.05, 0) is 44.0 Å². The second-order valence-electron chi connectivity index (χ2n) is 5.04. The van der Waals surface area contributed by atoms with Crippen molar-refractivity contribution in [2.24, 2.45) is 0 Å². The van der Waals surface area contributed by atoms with Gasteiger partial charge in [0.05, 0.1) is 5.75 Å². The first-order chi connectivity index (χ1) is 11.0. The maximum atomic E-state index is 11.7. The van der Waals surface area contributed by atoms with E-state index in [-0.39, 0.29) is 11.7 Å². The third kappa shape index (κ3) is 4.59. The zero-order valence-corrected chi connectivity index (χ0v) is 14.2. The molecule has 7 heteroatoms. The van der Waals surface area contributed by atoms with Crippen LogP contribution in [0.1, 0.15) is 18.1 Å². The number of imidazole rings is 1. The van der Waals surface area contributed by atoms with Gasteiger partial charge in [-0.15, -0.1) is 0 Å². The van der Waals surface area contributed by atoms with Gasteiger partial charge in [-0.1, -0.05) is 17.8 Å². The van der Waals surface area contributed by atoms with E-state index in [2.05, 4.69) is 41.6 Å². The topological polar surface area (TPSA) is 76.0 Å². The maximum absolute atomic E-state index is 11.7. The first kappa shape index (κ1) is 17.1. The Morgan fingerprint density at radius 1 is 1.26 bits per heavy atom. The molecule has 0 atom stereocenters. The Morgan fingerprint density at radius 2 is 2.04 bits per heavy atom. The van der Waals surface area contributed by atoms with E-state index in [1.54, 1.807) is 13.1 Å². The number of nitrogens with zero attached hydrogens (tertiary/aromatic N) is 2. The van der Waals surface area contributed by atoms with E-state index in [9.17, 15) is 9.59 Å². The highest BCUT2D eigenvalue weighted by Gasteiger charge is 2.11. The number of thioether (sulfide) groups is 1. The molecule has 23 heavy (non-hydrogen) atoms. The van der Waals surface area contributed by atoms with E-state index in [1.807, 2.05) is 16.8 Å². The third-order valence-electron chi connectivity index (χ3n) is 3.30. The van der Waals surface area contributed by atoms with Crippen LogP contribution >= 0.6 is 11.8 Å². The zero-order chi connectivity index (χ0) is 16.8. The summed E-state index contributed by atoms with van der Waals surface area (Å²) in [6, 6.07) is 5.68. The standard InChI is InChI=1S/C16H20N4O2S/c1-4-17-15(22)19-14(21)10-23-16-18-7-8-20(16)13-6-5-11(2)12(3)9-13/h5-9H,4,10H2,1-3H3,(H2,17,19,21,22). The van der Waals surface area contributed by atoms with Crippen LogP contribution in [0.4, 0.5) is 4.79 Å². The molecule has 0 aliphatic heterocycles. The molecule has 0 saturated heterocycles. The molecule has 0 fully saturated rings. The Hall–Kier alpha value is -2.28. The van der Waals surface area contributed by atoms with Gasteiger partial charge in [0.2, 0.25) is 5.91 Å². The molecule has 0 spiro atoms. The fourth-order valence-electron chi connectivity index (χ4n) is 1.97. The van der Waals surface area contributed by atoms with Crippen LogP contribution in [-0.2, 0) is 4.79 Å². The average Bonchev–Trinajstić information content (AvgIpc) is 2.96. The number of nitrogens with one attached hydrogen (secondary N) is 2. The molecule has 2 rings (SSSR count). The predicted molar refractivity (Wildman–Crippen MR) is 91.0 cm³/mol. The number of aromatic nitrogens is 2. The molecule has 0 radical (unpaired) electrons. The molecule has 0 aliphatic rings. The normalized spacial score (nSPS) is 10.4. The van der Waals surface area contributed by atoms with E-state index in [4.69, 9.17) is 0 Å². The first-order valence-corrected chi connectivity index (χ1v) is 8.31. The molecule has 0 bridgehead atoms. The van der Waals surface area contributed by atoms with Gasteiger partial charge in [0.15, 0.2) is 5.16 Å². The summed E-state index contributed by atoms with van der Waals surface area (Å²) in [5.41, 5.74) is 3.42. The highest BCUT2D eigenvalue weighted by molar-refractivity contribution is 7.99. The molecule has 1 heterocycles. The minimum absolute atomic E-state index is 0.124. The van der Waals surface area contributed by atoms with Crippen LogP contribution in [0.15, 0.2) is 35.7 Å². The largest absolute Gasteiger partial charge is 0.338 e. The molecule has 2 aromatic rings. The van der Waals surface area contributed by atoms with Crippen molar-refractivity contribution < 1.29 is 9.59 Å². The van der Waals surface area contributed by atoms with Crippen LogP contribution in [0.25, 0.3) is 5.69 Å². The second-order valence-corrected chi connectivity index (χ2v) is 5.99. The summed E-state index contributed by atoms with van der Waals surface area (Å²) < 4.78 is 1.93. The monoisotopic (exact) mass is 332 g/mol. The quantitative estimate of drug-likeness (QED) is 0.825. The van der Waals surface area contributed by atoms with E-state index in [0.717, 1.165) is 5.69 Å². The number of carbonyl (C=O) groups excluding carboxylic acids is 2. The van der Waals surface area contributed by atoms with Crippen molar-refractivity contribution in [3.8, 4) is 5.69 Å². The van der Waals surface area contributed by atoms with Crippen molar-refractivity contribution >= 4 is 23.7 Å². The lowest BCUT2D eigenvalue weighted by Gasteiger charge is -2.09. The maximum Gasteiger partial charge on any atom is 0.321 e. The van der Waals surface area contributed by atoms with Crippen LogP contribution in [0, 0.1) is 13.8 Å². The van der Waals surface area contributed by atoms with Gasteiger partial charge in [0.1, 0.15) is 0 Å². The van der Waals surface area contributed by atoms with Gasteiger partial charge in [-0.25, -0.2) is 9.78 Å². The highest BCUT2D eigenvalue weighted by Crippen LogP contribution is 2.21. The molecule has 3 amide bonds. The molecule has 2 N–H and O–H groups in total. The predicted octanol–water partition coefficient (Wildman–Crippen LogP) is 2.43. The molecule has 0 saturated carbocycles. The second kappa shape index (κ2) is 7.82. The Kier molecular flexibility index (Phi) is 5.81. The van der Waals surface area contributed by atoms with Crippen molar-refractivity contribution in [1.82, 2.24) is 20.2 Å². The van der Waals surface area contributed by atoms with Crippen LogP contribution in [0.5, 0.6) is 0 Å². The molecule has 1 aromatic heterocycles. The zero-order valence-electron chi connectivity index (χ0n) is 13.4. The fourth-order valence-corrected chi connectivity index (χ4v) is 2.74. The lowest BCUT2D eigenvalue weighted by Crippen LogP contribution is -2.40. The Morgan fingerprint density at radius 3 is 2.74 bits per heavy atom. The third-order valence-corrected chi connectivity index (χ3v) is 4.26. The van der Waals surface area contributed by atoms with Crippen molar-refractivity contribution in [3.63, 3.8) is 0 Å². The highest BCUT2D eigenvalue weighted by atomic mass is 32.2. The van der Waals surface area contributed by atoms with Crippen molar-refractivity contribution in [2.45, 2.75) is 25.9 Å². The van der Waals surface area contributed by atoms with Gasteiger partial charge >= 0.3 is 6.03 Å². The summed E-state index contributed by atoms with van der Waals surface area (Å²) in [6.45, 7) is 6.39. The minimum Gasteiger partial charge on any atom is -0.338 e. The van der Waals surface area contributed by atoms with Gasteiger partial charge in [-0.2, -0.15) is 0 Å². The fraction of sp³-hybridized carbons (Fsp3) is 0.312. The van der Waals surface area contributed by atoms with E-state index in [0.29, 0.717) is 11.7 Å². The Bertz CT molecular complexity index is 712. The van der Waals surface area contributed by atoms with Crippen LogP contribution in [-0.4, -0.2) is 33.8 Å². The summed E-state index contributed by atoms with van der Waals surface area (Å²) in [6.07, 6.45) is 3.55. The van der Waals surface area contributed by atoms with Crippen molar-refractivity contribution in [2.75, 3.05) is 12.3 Å². The number of hydrogen-bond acceptors (Lipinski definition) is 4. The van der Waals surface area contributed by atoms with E-state index >= 15 is 0 Å². The van der Waals surface area contributed by atoms with Gasteiger partial charge in [0.25, 0.3) is 0 Å². The van der Waals surface area contributed by atoms with Crippen molar-refractivity contribution in [1.29, 1.82) is 0 Å². The lowest BCUT2D eigenvalue weighted by atomic mass is 10.1. The van der Waals surface area contributed by atoms with Gasteiger partial charge < -0.3 is 5.32 Å². The number of hydrogen-bond donors (Lipinski definition) is 2. The Balaban J connectivity index is 2.02. The number of amides is 3. The van der Waals surface area contributed by atoms with Gasteiger partial charge in [-0.3, -0.25) is 14.7 Å². The molecule has 122 valence electrons. The SMILES string of the molecule is CCNC(=O)NC(=O)CSc1nccn1-c1ccc(C)c(C)c1. The van der Waals surface area contributed by atoms with Crippen LogP contribution in [0.3, 0.4) is 0 Å². The molecule has 0 aliphatic carbocycles. The first-order valence-electron chi connectivity index (χ1n) is 7.32. The molecule has 6 nitrogen and oxygen atoms in total. The van der Waals surface area contributed by atoms with E-state index < -0.39 is 6.03 Å². The van der Waals surface area contributed by atoms with E-state index in [1.165, 1.54) is 22.9 Å². The minimum atomic E-state index is -0.476. The molecular formula is C16H20N4O2S. The number of aryl methyl sites for hydroxylation is 2. The summed E-state index contributed by atoms with van der Waals surface area (Å²) >= 11 is 1.29. The van der Waals surface area contributed by atoms with Crippen molar-refractivity contribution in [3.05, 3.63) is 41.7 Å². The summed E-state index contributed by atoms with van der Waals surface area (Å²) in [7, 11) is 0. The smallest absolute Gasteiger partial charge is 0.321 e. The summed E-state index contributed by atoms with van der Waals surface area (Å²) in [5, 5.41) is 5.50. The lowest BCUT2D eigenvalue weighted by molar-refractivity contribution is -0.117. The summed E-state index contributed by atoms with van der Waals surface area (Å²) in [5.74, 6) is -0.227. The van der Waals surface area contributed by atoms with Crippen LogP contribution in [0.2, 0.25) is 0 Å². The van der Waals surface area contributed by atoms with Crippen LogP contribution < -0.4 is 10.6 Å². The Labute approximate surface area is 139 Å². The number of carbonyl (C=O) groups is 2. The number of urea groups is 1. The molecule has 0 unspecified atom stereocenters. The number of imide groups is 1. The molecule has 1 aromatic carbocycles. The number of benzene rings is 1.